The van der Waals surface area contributed by atoms with E-state index in [0.717, 1.165) is 37.7 Å². The van der Waals surface area contributed by atoms with E-state index in [1.165, 1.54) is 0 Å². The number of morpholine rings is 1. The van der Waals surface area contributed by atoms with Crippen LogP contribution in [0.5, 0.6) is 5.75 Å². The number of hydrogen-bond donors (Lipinski definition) is 1. The van der Waals surface area contributed by atoms with Crippen LogP contribution in [0.2, 0.25) is 10.0 Å². The van der Waals surface area contributed by atoms with E-state index in [2.05, 4.69) is 10.2 Å². The molecule has 0 saturated carbocycles. The predicted molar refractivity (Wildman–Crippen MR) is 105 cm³/mol. The lowest BCUT2D eigenvalue weighted by molar-refractivity contribution is -0.116. The first kappa shape index (κ1) is 18.8. The minimum absolute atomic E-state index is 0.107. The Balaban J connectivity index is 1.49. The van der Waals surface area contributed by atoms with Crippen LogP contribution in [-0.4, -0.2) is 38.8 Å². The van der Waals surface area contributed by atoms with Crippen molar-refractivity contribution in [3.8, 4) is 5.75 Å². The van der Waals surface area contributed by atoms with Crippen molar-refractivity contribution in [2.24, 2.45) is 0 Å². The molecule has 1 aliphatic rings. The van der Waals surface area contributed by atoms with Gasteiger partial charge in [-0.3, -0.25) is 4.79 Å². The van der Waals surface area contributed by atoms with Crippen LogP contribution in [0.3, 0.4) is 0 Å². The van der Waals surface area contributed by atoms with Crippen LogP contribution >= 0.6 is 23.2 Å². The first-order chi connectivity index (χ1) is 12.6. The van der Waals surface area contributed by atoms with Gasteiger partial charge < -0.3 is 19.7 Å². The van der Waals surface area contributed by atoms with Gasteiger partial charge in [0.1, 0.15) is 5.75 Å². The molecule has 5 nitrogen and oxygen atoms in total. The standard InChI is InChI=1S/C19H20Cl2N2O3/c20-17-5-4-16(13-18(17)21)26-9-6-19(24)22-14-2-1-3-15(12-14)23-7-10-25-11-8-23/h1-5,12-13H,6-11H2,(H,22,24). The number of amides is 1. The monoisotopic (exact) mass is 394 g/mol. The van der Waals surface area contributed by atoms with Crippen LogP contribution in [0.4, 0.5) is 11.4 Å². The number of hydrogen-bond acceptors (Lipinski definition) is 4. The summed E-state index contributed by atoms with van der Waals surface area (Å²) in [4.78, 5) is 14.4. The number of benzene rings is 2. The number of anilines is 2. The highest BCUT2D eigenvalue weighted by Crippen LogP contribution is 2.26. The zero-order chi connectivity index (χ0) is 18.4. The van der Waals surface area contributed by atoms with Crippen molar-refractivity contribution in [1.29, 1.82) is 0 Å². The molecule has 1 heterocycles. The molecular formula is C19H20Cl2N2O3. The third kappa shape index (κ3) is 5.27. The summed E-state index contributed by atoms with van der Waals surface area (Å²) in [6.45, 7) is 3.42. The number of carbonyl (C=O) groups is 1. The van der Waals surface area contributed by atoms with Gasteiger partial charge in [-0.2, -0.15) is 0 Å². The average Bonchev–Trinajstić information content (AvgIpc) is 2.65. The maximum absolute atomic E-state index is 12.1. The first-order valence-corrected chi connectivity index (χ1v) is 9.18. The summed E-state index contributed by atoms with van der Waals surface area (Å²) in [7, 11) is 0. The minimum atomic E-state index is -0.107. The largest absolute Gasteiger partial charge is 0.493 e. The Morgan fingerprint density at radius 1 is 1.12 bits per heavy atom. The van der Waals surface area contributed by atoms with Gasteiger partial charge in [0.15, 0.2) is 0 Å². The van der Waals surface area contributed by atoms with Crippen molar-refractivity contribution >= 4 is 40.5 Å². The highest BCUT2D eigenvalue weighted by Gasteiger charge is 2.12. The van der Waals surface area contributed by atoms with Gasteiger partial charge in [-0.25, -0.2) is 0 Å². The van der Waals surface area contributed by atoms with Gasteiger partial charge >= 0.3 is 0 Å². The van der Waals surface area contributed by atoms with Crippen molar-refractivity contribution in [2.45, 2.75) is 6.42 Å². The van der Waals surface area contributed by atoms with E-state index in [0.29, 0.717) is 15.8 Å². The zero-order valence-electron chi connectivity index (χ0n) is 14.2. The Bertz CT molecular complexity index is 764. The first-order valence-electron chi connectivity index (χ1n) is 8.42. The molecule has 0 unspecified atom stereocenters. The third-order valence-electron chi connectivity index (χ3n) is 4.00. The van der Waals surface area contributed by atoms with Gasteiger partial charge in [0.25, 0.3) is 0 Å². The highest BCUT2D eigenvalue weighted by atomic mass is 35.5. The molecule has 1 saturated heterocycles. The van der Waals surface area contributed by atoms with Crippen LogP contribution in [0.15, 0.2) is 42.5 Å². The smallest absolute Gasteiger partial charge is 0.227 e. The number of nitrogens with one attached hydrogen (secondary N) is 1. The molecule has 2 aromatic rings. The van der Waals surface area contributed by atoms with Crippen molar-refractivity contribution in [2.75, 3.05) is 43.1 Å². The Morgan fingerprint density at radius 2 is 1.92 bits per heavy atom. The second-order valence-corrected chi connectivity index (χ2v) is 6.69. The van der Waals surface area contributed by atoms with E-state index in [-0.39, 0.29) is 18.9 Å². The lowest BCUT2D eigenvalue weighted by Gasteiger charge is -2.29. The fourth-order valence-corrected chi connectivity index (χ4v) is 2.94. The Labute approximate surface area is 162 Å². The normalized spacial score (nSPS) is 14.2. The summed E-state index contributed by atoms with van der Waals surface area (Å²) in [5.74, 6) is 0.478. The average molecular weight is 395 g/mol. The van der Waals surface area contributed by atoms with Crippen LogP contribution in [0.25, 0.3) is 0 Å². The lowest BCUT2D eigenvalue weighted by atomic mass is 10.2. The Kier molecular flexibility index (Phi) is 6.61. The summed E-state index contributed by atoms with van der Waals surface area (Å²) in [6.07, 6.45) is 0.238. The van der Waals surface area contributed by atoms with Crippen LogP contribution in [0, 0.1) is 0 Å². The molecule has 3 rings (SSSR count). The highest BCUT2D eigenvalue weighted by molar-refractivity contribution is 6.42. The van der Waals surface area contributed by atoms with Gasteiger partial charge in [0.05, 0.1) is 36.3 Å². The molecule has 7 heteroatoms. The molecule has 2 aromatic carbocycles. The number of carbonyl (C=O) groups excluding carboxylic acids is 1. The Hall–Kier alpha value is -1.95. The summed E-state index contributed by atoms with van der Waals surface area (Å²) in [5, 5.41) is 3.80. The van der Waals surface area contributed by atoms with E-state index >= 15 is 0 Å². The topological polar surface area (TPSA) is 50.8 Å². The van der Waals surface area contributed by atoms with E-state index in [1.807, 2.05) is 24.3 Å². The van der Waals surface area contributed by atoms with Gasteiger partial charge in [0.2, 0.25) is 5.91 Å². The van der Waals surface area contributed by atoms with Crippen LogP contribution in [0.1, 0.15) is 6.42 Å². The van der Waals surface area contributed by atoms with E-state index < -0.39 is 0 Å². The molecule has 0 radical (unpaired) electrons. The number of halogens is 2. The molecule has 0 aliphatic carbocycles. The molecule has 1 aliphatic heterocycles. The van der Waals surface area contributed by atoms with Crippen LogP contribution in [-0.2, 0) is 9.53 Å². The van der Waals surface area contributed by atoms with Crippen molar-refractivity contribution in [1.82, 2.24) is 0 Å². The number of nitrogens with zero attached hydrogens (tertiary/aromatic N) is 1. The van der Waals surface area contributed by atoms with E-state index in [1.54, 1.807) is 18.2 Å². The molecule has 1 amide bonds. The second kappa shape index (κ2) is 9.12. The molecule has 1 N–H and O–H groups in total. The number of rotatable bonds is 6. The van der Waals surface area contributed by atoms with E-state index in [4.69, 9.17) is 32.7 Å². The van der Waals surface area contributed by atoms with Crippen molar-refractivity contribution < 1.29 is 14.3 Å². The maximum atomic E-state index is 12.1. The summed E-state index contributed by atoms with van der Waals surface area (Å²) in [6, 6.07) is 12.8. The van der Waals surface area contributed by atoms with Crippen molar-refractivity contribution in [3.05, 3.63) is 52.5 Å². The van der Waals surface area contributed by atoms with Gasteiger partial charge in [-0.1, -0.05) is 29.3 Å². The lowest BCUT2D eigenvalue weighted by Crippen LogP contribution is -2.36. The second-order valence-electron chi connectivity index (χ2n) is 5.87. The molecule has 0 spiro atoms. The van der Waals surface area contributed by atoms with Crippen LogP contribution < -0.4 is 15.0 Å². The summed E-state index contributed by atoms with van der Waals surface area (Å²) < 4.78 is 10.9. The molecule has 26 heavy (non-hydrogen) atoms. The quantitative estimate of drug-likeness (QED) is 0.795. The summed E-state index contributed by atoms with van der Waals surface area (Å²) >= 11 is 11.8. The fourth-order valence-electron chi connectivity index (χ4n) is 2.65. The molecule has 0 bridgehead atoms. The molecule has 0 atom stereocenters. The molecule has 1 fully saturated rings. The SMILES string of the molecule is O=C(CCOc1ccc(Cl)c(Cl)c1)Nc1cccc(N2CCOCC2)c1. The Morgan fingerprint density at radius 3 is 2.69 bits per heavy atom. The number of ether oxygens (including phenoxy) is 2. The van der Waals surface area contributed by atoms with Crippen molar-refractivity contribution in [3.63, 3.8) is 0 Å². The van der Waals surface area contributed by atoms with E-state index in [9.17, 15) is 4.79 Å². The van der Waals surface area contributed by atoms with Gasteiger partial charge in [-0.15, -0.1) is 0 Å². The van der Waals surface area contributed by atoms with Gasteiger partial charge in [-0.05, 0) is 30.3 Å². The fraction of sp³-hybridized carbons (Fsp3) is 0.316. The summed E-state index contributed by atoms with van der Waals surface area (Å²) in [5.41, 5.74) is 1.85. The minimum Gasteiger partial charge on any atom is -0.493 e. The predicted octanol–water partition coefficient (Wildman–Crippen LogP) is 4.24. The third-order valence-corrected chi connectivity index (χ3v) is 4.73. The molecule has 138 valence electrons. The molecular weight excluding hydrogens is 375 g/mol. The molecule has 0 aromatic heterocycles. The van der Waals surface area contributed by atoms with Gasteiger partial charge in [0, 0.05) is 30.5 Å². The zero-order valence-corrected chi connectivity index (χ0v) is 15.7. The maximum Gasteiger partial charge on any atom is 0.227 e.